The molecule has 0 aliphatic rings. The molecule has 0 aromatic rings. The van der Waals surface area contributed by atoms with E-state index >= 15 is 0 Å². The summed E-state index contributed by atoms with van der Waals surface area (Å²) >= 11 is 6.39. The summed E-state index contributed by atoms with van der Waals surface area (Å²) in [7, 11) is -1.40. The van der Waals surface area contributed by atoms with Crippen molar-refractivity contribution in [2.45, 2.75) is 51.2 Å². The first kappa shape index (κ1) is 12.2. The standard InChI is InChI=1S/C10H21ClSi/c1-5-7-8-9-10(6-2)12(3,4)11/h5,10H,1,6-9H2,2-4H3. The summed E-state index contributed by atoms with van der Waals surface area (Å²) in [6, 6.07) is 0. The van der Waals surface area contributed by atoms with Crippen molar-refractivity contribution in [1.29, 1.82) is 0 Å². The molecular weight excluding hydrogens is 184 g/mol. The molecule has 0 heterocycles. The van der Waals surface area contributed by atoms with E-state index in [2.05, 4.69) is 26.6 Å². The highest BCUT2D eigenvalue weighted by Crippen LogP contribution is 2.33. The molecule has 0 bridgehead atoms. The van der Waals surface area contributed by atoms with E-state index < -0.39 is 7.38 Å². The molecule has 12 heavy (non-hydrogen) atoms. The van der Waals surface area contributed by atoms with E-state index in [1.54, 1.807) is 0 Å². The minimum Gasteiger partial charge on any atom is -0.167 e. The van der Waals surface area contributed by atoms with Crippen molar-refractivity contribution < 1.29 is 0 Å². The number of hydrogen-bond acceptors (Lipinski definition) is 0. The molecule has 0 saturated heterocycles. The minimum absolute atomic E-state index is 0.777. The Morgan fingerprint density at radius 1 is 1.50 bits per heavy atom. The maximum absolute atomic E-state index is 6.39. The smallest absolute Gasteiger partial charge is 0.153 e. The van der Waals surface area contributed by atoms with Crippen LogP contribution in [0.1, 0.15) is 32.6 Å². The third-order valence-corrected chi connectivity index (χ3v) is 5.99. The monoisotopic (exact) mass is 204 g/mol. The van der Waals surface area contributed by atoms with E-state index in [4.69, 9.17) is 11.1 Å². The lowest BCUT2D eigenvalue weighted by molar-refractivity contribution is 0.659. The maximum atomic E-state index is 6.39. The number of hydrogen-bond donors (Lipinski definition) is 0. The Kier molecular flexibility index (Phi) is 5.94. The Labute approximate surface area is 82.7 Å². The maximum Gasteiger partial charge on any atom is 0.153 e. The Hall–Kier alpha value is 0.247. The lowest BCUT2D eigenvalue weighted by Gasteiger charge is -2.24. The van der Waals surface area contributed by atoms with Gasteiger partial charge in [-0.1, -0.05) is 38.9 Å². The highest BCUT2D eigenvalue weighted by atomic mass is 35.6. The molecule has 1 unspecified atom stereocenters. The molecule has 2 heteroatoms. The average Bonchev–Trinajstić information content (AvgIpc) is 1.95. The summed E-state index contributed by atoms with van der Waals surface area (Å²) in [6.45, 7) is 10.5. The lowest BCUT2D eigenvalue weighted by Crippen LogP contribution is -2.24. The molecule has 72 valence electrons. The van der Waals surface area contributed by atoms with E-state index in [1.807, 2.05) is 6.08 Å². The van der Waals surface area contributed by atoms with Crippen LogP contribution in [0.3, 0.4) is 0 Å². The molecule has 0 aromatic carbocycles. The van der Waals surface area contributed by atoms with Gasteiger partial charge in [0.05, 0.1) is 0 Å². The lowest BCUT2D eigenvalue weighted by atomic mass is 10.1. The molecule has 0 aliphatic carbocycles. The molecule has 0 aliphatic heterocycles. The predicted octanol–water partition coefficient (Wildman–Crippen LogP) is 4.57. The Balaban J connectivity index is 3.75. The molecule has 0 fully saturated rings. The number of rotatable bonds is 6. The van der Waals surface area contributed by atoms with Gasteiger partial charge in [-0.2, -0.15) is 11.1 Å². The zero-order valence-corrected chi connectivity index (χ0v) is 10.3. The van der Waals surface area contributed by atoms with Crippen molar-refractivity contribution in [2.75, 3.05) is 0 Å². The topological polar surface area (TPSA) is 0 Å². The van der Waals surface area contributed by atoms with Gasteiger partial charge >= 0.3 is 0 Å². The van der Waals surface area contributed by atoms with Gasteiger partial charge in [0.25, 0.3) is 0 Å². The van der Waals surface area contributed by atoms with Crippen LogP contribution in [0.5, 0.6) is 0 Å². The summed E-state index contributed by atoms with van der Waals surface area (Å²) in [5, 5.41) is 0. The van der Waals surface area contributed by atoms with E-state index in [1.165, 1.54) is 19.3 Å². The highest BCUT2D eigenvalue weighted by Gasteiger charge is 2.27. The molecule has 0 saturated carbocycles. The summed E-state index contributed by atoms with van der Waals surface area (Å²) in [5.41, 5.74) is 0.777. The van der Waals surface area contributed by atoms with Gasteiger partial charge in [-0.05, 0) is 18.4 Å². The Morgan fingerprint density at radius 2 is 2.08 bits per heavy atom. The minimum atomic E-state index is -1.40. The first-order valence-corrected chi connectivity index (χ1v) is 8.91. The zero-order valence-electron chi connectivity index (χ0n) is 8.57. The fourth-order valence-electron chi connectivity index (χ4n) is 1.54. The predicted molar refractivity (Wildman–Crippen MR) is 61.4 cm³/mol. The molecule has 0 rings (SSSR count). The molecule has 0 amide bonds. The van der Waals surface area contributed by atoms with Crippen molar-refractivity contribution in [3.05, 3.63) is 12.7 Å². The molecule has 0 spiro atoms. The second-order valence-electron chi connectivity index (χ2n) is 3.89. The molecule has 0 N–H and O–H groups in total. The quantitative estimate of drug-likeness (QED) is 0.258. The zero-order chi connectivity index (χ0) is 9.61. The number of allylic oxidation sites excluding steroid dienone is 1. The summed E-state index contributed by atoms with van der Waals surface area (Å²) in [4.78, 5) is 0. The van der Waals surface area contributed by atoms with Crippen LogP contribution in [0.2, 0.25) is 18.6 Å². The Morgan fingerprint density at radius 3 is 2.42 bits per heavy atom. The average molecular weight is 205 g/mol. The molecule has 1 atom stereocenters. The second kappa shape index (κ2) is 5.82. The third-order valence-electron chi connectivity index (χ3n) is 2.42. The van der Waals surface area contributed by atoms with Crippen LogP contribution in [0.25, 0.3) is 0 Å². The van der Waals surface area contributed by atoms with Crippen molar-refractivity contribution in [3.63, 3.8) is 0 Å². The van der Waals surface area contributed by atoms with Gasteiger partial charge in [-0.25, -0.2) is 0 Å². The van der Waals surface area contributed by atoms with E-state index in [-0.39, 0.29) is 0 Å². The molecular formula is C10H21ClSi. The van der Waals surface area contributed by atoms with Crippen molar-refractivity contribution in [2.24, 2.45) is 0 Å². The van der Waals surface area contributed by atoms with Crippen LogP contribution in [-0.4, -0.2) is 7.38 Å². The molecule has 0 nitrogen and oxygen atoms in total. The van der Waals surface area contributed by atoms with Gasteiger partial charge in [0.15, 0.2) is 7.38 Å². The summed E-state index contributed by atoms with van der Waals surface area (Å²) in [5.74, 6) is 0. The molecule has 0 aromatic heterocycles. The van der Waals surface area contributed by atoms with Gasteiger partial charge in [-0.15, -0.1) is 6.58 Å². The van der Waals surface area contributed by atoms with Gasteiger partial charge in [0.2, 0.25) is 0 Å². The van der Waals surface area contributed by atoms with Crippen LogP contribution < -0.4 is 0 Å². The van der Waals surface area contributed by atoms with Crippen molar-refractivity contribution >= 4 is 18.5 Å². The normalized spacial score (nSPS) is 14.3. The number of unbranched alkanes of at least 4 members (excludes halogenated alkanes) is 1. The van der Waals surface area contributed by atoms with Gasteiger partial charge < -0.3 is 0 Å². The SMILES string of the molecule is C=CCCCC(CC)[Si](C)(C)Cl. The van der Waals surface area contributed by atoms with Crippen molar-refractivity contribution in [1.82, 2.24) is 0 Å². The van der Waals surface area contributed by atoms with E-state index in [0.29, 0.717) is 0 Å². The second-order valence-corrected chi connectivity index (χ2v) is 10.8. The first-order chi connectivity index (χ1) is 5.52. The van der Waals surface area contributed by atoms with Gasteiger partial charge in [0, 0.05) is 0 Å². The van der Waals surface area contributed by atoms with Crippen LogP contribution in [0, 0.1) is 0 Å². The van der Waals surface area contributed by atoms with Gasteiger partial charge in [-0.3, -0.25) is 0 Å². The van der Waals surface area contributed by atoms with Crippen LogP contribution >= 0.6 is 11.1 Å². The first-order valence-electron chi connectivity index (χ1n) is 4.82. The van der Waals surface area contributed by atoms with E-state index in [0.717, 1.165) is 12.0 Å². The molecule has 0 radical (unpaired) electrons. The fourth-order valence-corrected chi connectivity index (χ4v) is 4.19. The van der Waals surface area contributed by atoms with Crippen molar-refractivity contribution in [3.8, 4) is 0 Å². The highest BCUT2D eigenvalue weighted by molar-refractivity contribution is 7.19. The van der Waals surface area contributed by atoms with E-state index in [9.17, 15) is 0 Å². The van der Waals surface area contributed by atoms with Crippen LogP contribution in [-0.2, 0) is 0 Å². The van der Waals surface area contributed by atoms with Gasteiger partial charge in [0.1, 0.15) is 0 Å². The van der Waals surface area contributed by atoms with Crippen LogP contribution in [0.15, 0.2) is 12.7 Å². The largest absolute Gasteiger partial charge is 0.167 e. The third kappa shape index (κ3) is 4.99. The van der Waals surface area contributed by atoms with Crippen LogP contribution in [0.4, 0.5) is 0 Å². The summed E-state index contributed by atoms with van der Waals surface area (Å²) in [6.07, 6.45) is 6.91. The summed E-state index contributed by atoms with van der Waals surface area (Å²) < 4.78 is 0. The fraction of sp³-hybridized carbons (Fsp3) is 0.800. The Bertz CT molecular complexity index is 126. The number of halogens is 1.